The number of nitrogens with zero attached hydrogens (tertiary/aromatic N) is 2. The van der Waals surface area contributed by atoms with Crippen molar-refractivity contribution < 1.29 is 28.6 Å². The van der Waals surface area contributed by atoms with Gasteiger partial charge in [0.05, 0.1) is 34.8 Å². The molecule has 0 aliphatic carbocycles. The molecule has 1 atom stereocenters. The lowest BCUT2D eigenvalue weighted by atomic mass is 10.1. The largest absolute Gasteiger partial charge is 0.490 e. The number of thioether (sulfide) groups is 1. The molecule has 0 saturated carbocycles. The van der Waals surface area contributed by atoms with Crippen molar-refractivity contribution in [1.82, 2.24) is 4.90 Å². The zero-order valence-corrected chi connectivity index (χ0v) is 20.9. The number of imide groups is 1. The number of halogens is 1. The minimum Gasteiger partial charge on any atom is -0.490 e. The molecule has 3 rings (SSSR count). The summed E-state index contributed by atoms with van der Waals surface area (Å²) >= 11 is 7.21. The molecule has 0 spiro atoms. The van der Waals surface area contributed by atoms with Crippen molar-refractivity contribution in [2.45, 2.75) is 33.4 Å². The lowest BCUT2D eigenvalue weighted by molar-refractivity contribution is -0.150. The molecule has 1 aliphatic rings. The predicted molar refractivity (Wildman–Crippen MR) is 132 cm³/mol. The molecule has 0 N–H and O–H groups in total. The lowest BCUT2D eigenvalue weighted by Gasteiger charge is -2.19. The minimum atomic E-state index is -1.04. The molecule has 1 heterocycles. The van der Waals surface area contributed by atoms with Crippen LogP contribution in [0, 0.1) is 11.3 Å². The van der Waals surface area contributed by atoms with Crippen molar-refractivity contribution in [2.75, 3.05) is 13.2 Å². The molecule has 2 aromatic rings. The van der Waals surface area contributed by atoms with Crippen LogP contribution < -0.4 is 9.47 Å². The Bertz CT molecular complexity index is 1220. The van der Waals surface area contributed by atoms with E-state index >= 15 is 0 Å². The van der Waals surface area contributed by atoms with Gasteiger partial charge in [-0.1, -0.05) is 29.8 Å². The summed E-state index contributed by atoms with van der Waals surface area (Å²) in [5.74, 6) is -0.609. The van der Waals surface area contributed by atoms with E-state index in [9.17, 15) is 19.6 Å². The van der Waals surface area contributed by atoms with Gasteiger partial charge in [-0.15, -0.1) is 0 Å². The summed E-state index contributed by atoms with van der Waals surface area (Å²) in [7, 11) is 0. The number of amides is 2. The monoisotopic (exact) mass is 514 g/mol. The first-order chi connectivity index (χ1) is 16.8. The Morgan fingerprint density at radius 2 is 1.94 bits per heavy atom. The Kier molecular flexibility index (Phi) is 8.79. The van der Waals surface area contributed by atoms with Gasteiger partial charge in [0.15, 0.2) is 11.5 Å². The van der Waals surface area contributed by atoms with Gasteiger partial charge in [0.1, 0.15) is 12.6 Å². The number of carbonyl (C=O) groups excluding carboxylic acids is 3. The lowest BCUT2D eigenvalue weighted by Crippen LogP contribution is -2.42. The Morgan fingerprint density at radius 1 is 1.20 bits per heavy atom. The number of esters is 1. The molecular weight excluding hydrogens is 492 g/mol. The van der Waals surface area contributed by atoms with Gasteiger partial charge < -0.3 is 14.2 Å². The summed E-state index contributed by atoms with van der Waals surface area (Å²) in [5, 5.41) is 8.96. The molecule has 1 saturated heterocycles. The third-order valence-electron chi connectivity index (χ3n) is 4.98. The molecule has 35 heavy (non-hydrogen) atoms. The molecule has 0 unspecified atom stereocenters. The van der Waals surface area contributed by atoms with E-state index in [1.807, 2.05) is 6.07 Å². The molecule has 8 nitrogen and oxygen atoms in total. The van der Waals surface area contributed by atoms with Crippen molar-refractivity contribution in [3.05, 3.63) is 63.0 Å². The number of benzene rings is 2. The van der Waals surface area contributed by atoms with Crippen LogP contribution in [0.15, 0.2) is 41.3 Å². The van der Waals surface area contributed by atoms with Gasteiger partial charge >= 0.3 is 5.97 Å². The highest BCUT2D eigenvalue weighted by Gasteiger charge is 2.41. The van der Waals surface area contributed by atoms with E-state index in [0.717, 1.165) is 16.7 Å². The Morgan fingerprint density at radius 3 is 2.63 bits per heavy atom. The molecular formula is C25H23ClN2O6S. The smallest absolute Gasteiger partial charge is 0.329 e. The van der Waals surface area contributed by atoms with Gasteiger partial charge in [0, 0.05) is 5.56 Å². The van der Waals surface area contributed by atoms with E-state index in [-0.39, 0.29) is 23.1 Å². The summed E-state index contributed by atoms with van der Waals surface area (Å²) in [6, 6.07) is 11.4. The normalized spacial score (nSPS) is 15.2. The molecule has 0 aromatic heterocycles. The van der Waals surface area contributed by atoms with Gasteiger partial charge in [0.25, 0.3) is 11.1 Å². The fraction of sp³-hybridized carbons (Fsp3) is 0.280. The molecule has 182 valence electrons. The van der Waals surface area contributed by atoms with Crippen LogP contribution in [0.3, 0.4) is 0 Å². The standard InChI is InChI=1S/C25H23ClN2O6S/c1-4-32-20-11-16(10-19(26)22(20)34-14-18-9-7-6-8-17(18)13-27)12-21-23(29)28(25(31)35-21)15(3)24(30)33-5-2/h6-12,15H,4-5,14H2,1-3H3/b21-12+/t15-/m0/s1. The minimum absolute atomic E-state index is 0.105. The first-order valence-corrected chi connectivity index (χ1v) is 12.0. The Hall–Kier alpha value is -3.48. The van der Waals surface area contributed by atoms with Crippen LogP contribution >= 0.6 is 23.4 Å². The zero-order chi connectivity index (χ0) is 25.5. The first kappa shape index (κ1) is 26.1. The van der Waals surface area contributed by atoms with Crippen LogP contribution in [0.2, 0.25) is 5.02 Å². The summed E-state index contributed by atoms with van der Waals surface area (Å²) in [4.78, 5) is 38.3. The molecule has 1 fully saturated rings. The second kappa shape index (κ2) is 11.8. The van der Waals surface area contributed by atoms with Crippen molar-refractivity contribution in [1.29, 1.82) is 5.26 Å². The molecule has 1 aliphatic heterocycles. The number of nitriles is 1. The van der Waals surface area contributed by atoms with Crippen molar-refractivity contribution in [3.63, 3.8) is 0 Å². The number of hydrogen-bond donors (Lipinski definition) is 0. The topological polar surface area (TPSA) is 106 Å². The van der Waals surface area contributed by atoms with Gasteiger partial charge in [-0.25, -0.2) is 4.79 Å². The van der Waals surface area contributed by atoms with Crippen LogP contribution in [0.4, 0.5) is 4.79 Å². The maximum absolute atomic E-state index is 12.8. The van der Waals surface area contributed by atoms with Crippen molar-refractivity contribution in [3.8, 4) is 17.6 Å². The Labute approximate surface area is 212 Å². The Balaban J connectivity index is 1.87. The maximum Gasteiger partial charge on any atom is 0.329 e. The quantitative estimate of drug-likeness (QED) is 0.333. The number of carbonyl (C=O) groups is 3. The highest BCUT2D eigenvalue weighted by atomic mass is 35.5. The highest BCUT2D eigenvalue weighted by Crippen LogP contribution is 2.40. The van der Waals surface area contributed by atoms with Crippen LogP contribution in [0.5, 0.6) is 11.5 Å². The van der Waals surface area contributed by atoms with Crippen LogP contribution in [0.25, 0.3) is 6.08 Å². The van der Waals surface area contributed by atoms with Crippen molar-refractivity contribution >= 4 is 46.6 Å². The van der Waals surface area contributed by atoms with E-state index in [0.29, 0.717) is 34.8 Å². The molecule has 10 heteroatoms. The number of hydrogen-bond acceptors (Lipinski definition) is 8. The number of rotatable bonds is 9. The van der Waals surface area contributed by atoms with Gasteiger partial charge in [0.2, 0.25) is 0 Å². The average molecular weight is 515 g/mol. The third kappa shape index (κ3) is 5.96. The summed E-state index contributed by atoms with van der Waals surface area (Å²) in [5.41, 5.74) is 1.70. The van der Waals surface area contributed by atoms with Gasteiger partial charge in [-0.3, -0.25) is 14.5 Å². The van der Waals surface area contributed by atoms with E-state index in [1.54, 1.807) is 44.2 Å². The maximum atomic E-state index is 12.8. The van der Waals surface area contributed by atoms with Crippen LogP contribution in [-0.2, 0) is 20.9 Å². The summed E-state index contributed by atoms with van der Waals surface area (Å²) in [6.07, 6.45) is 1.51. The fourth-order valence-electron chi connectivity index (χ4n) is 3.31. The molecule has 2 aromatic carbocycles. The highest BCUT2D eigenvalue weighted by molar-refractivity contribution is 8.18. The third-order valence-corrected chi connectivity index (χ3v) is 6.14. The van der Waals surface area contributed by atoms with Crippen LogP contribution in [-0.4, -0.2) is 41.3 Å². The molecule has 0 bridgehead atoms. The van der Waals surface area contributed by atoms with E-state index in [1.165, 1.54) is 13.0 Å². The summed E-state index contributed by atoms with van der Waals surface area (Å²) in [6.45, 7) is 5.47. The fourth-order valence-corrected chi connectivity index (χ4v) is 4.49. The van der Waals surface area contributed by atoms with Crippen molar-refractivity contribution in [2.24, 2.45) is 0 Å². The molecule has 0 radical (unpaired) electrons. The van der Waals surface area contributed by atoms with E-state index in [2.05, 4.69) is 6.07 Å². The summed E-state index contributed by atoms with van der Waals surface area (Å²) < 4.78 is 16.5. The van der Waals surface area contributed by atoms with Gasteiger partial charge in [-0.2, -0.15) is 5.26 Å². The number of ether oxygens (including phenoxy) is 3. The van der Waals surface area contributed by atoms with E-state index < -0.39 is 23.2 Å². The first-order valence-electron chi connectivity index (χ1n) is 10.8. The van der Waals surface area contributed by atoms with Gasteiger partial charge in [-0.05, 0) is 62.4 Å². The predicted octanol–water partition coefficient (Wildman–Crippen LogP) is 5.18. The second-order valence-electron chi connectivity index (χ2n) is 7.30. The van der Waals surface area contributed by atoms with Crippen LogP contribution in [0.1, 0.15) is 37.5 Å². The SMILES string of the molecule is CCOC(=O)[C@H](C)N1C(=O)S/C(=C/c2cc(Cl)c(OCc3ccccc3C#N)c(OCC)c2)C1=O. The zero-order valence-electron chi connectivity index (χ0n) is 19.4. The average Bonchev–Trinajstić information content (AvgIpc) is 3.11. The van der Waals surface area contributed by atoms with E-state index in [4.69, 9.17) is 25.8 Å². The molecule has 2 amide bonds. The second-order valence-corrected chi connectivity index (χ2v) is 8.70.